The van der Waals surface area contributed by atoms with Crippen molar-refractivity contribution in [2.45, 2.75) is 19.3 Å². The van der Waals surface area contributed by atoms with E-state index < -0.39 is 5.82 Å². The quantitative estimate of drug-likeness (QED) is 0.848. The summed E-state index contributed by atoms with van der Waals surface area (Å²) in [5, 5.41) is 5.50. The SMILES string of the molecule is O=C(NCCC1CCN(C(=O)Nc2ccccc2F)CC1)c1ccccn1. The second-order valence-corrected chi connectivity index (χ2v) is 6.60. The van der Waals surface area contributed by atoms with E-state index in [0.717, 1.165) is 19.3 Å². The molecule has 7 heteroatoms. The number of hydrogen-bond donors (Lipinski definition) is 2. The van der Waals surface area contributed by atoms with Crippen LogP contribution in [0, 0.1) is 11.7 Å². The van der Waals surface area contributed by atoms with Gasteiger partial charge in [0.05, 0.1) is 5.69 Å². The summed E-state index contributed by atoms with van der Waals surface area (Å²) >= 11 is 0. The zero-order chi connectivity index (χ0) is 19.1. The van der Waals surface area contributed by atoms with E-state index in [1.165, 1.54) is 6.07 Å². The number of urea groups is 1. The van der Waals surface area contributed by atoms with Crippen LogP contribution >= 0.6 is 0 Å². The molecule has 2 heterocycles. The Balaban J connectivity index is 1.38. The Hall–Kier alpha value is -2.96. The smallest absolute Gasteiger partial charge is 0.321 e. The number of halogens is 1. The van der Waals surface area contributed by atoms with Crippen molar-refractivity contribution in [2.75, 3.05) is 25.0 Å². The van der Waals surface area contributed by atoms with E-state index in [2.05, 4.69) is 15.6 Å². The first-order valence-corrected chi connectivity index (χ1v) is 9.13. The fraction of sp³-hybridized carbons (Fsp3) is 0.350. The number of pyridine rings is 1. The molecule has 3 amide bonds. The van der Waals surface area contributed by atoms with Gasteiger partial charge in [-0.15, -0.1) is 0 Å². The number of anilines is 1. The van der Waals surface area contributed by atoms with Gasteiger partial charge in [0.15, 0.2) is 0 Å². The Morgan fingerprint density at radius 1 is 1.11 bits per heavy atom. The average Bonchev–Trinajstić information content (AvgIpc) is 2.71. The standard InChI is InChI=1S/C20H23FN4O2/c21-16-5-1-2-6-17(16)24-20(27)25-13-9-15(10-14-25)8-12-23-19(26)18-7-3-4-11-22-18/h1-7,11,15H,8-10,12-14H2,(H,23,26)(H,24,27). The maximum absolute atomic E-state index is 13.6. The van der Waals surface area contributed by atoms with Crippen LogP contribution in [0.2, 0.25) is 0 Å². The van der Waals surface area contributed by atoms with Crippen molar-refractivity contribution in [1.82, 2.24) is 15.2 Å². The highest BCUT2D eigenvalue weighted by Crippen LogP contribution is 2.21. The van der Waals surface area contributed by atoms with Gasteiger partial charge >= 0.3 is 6.03 Å². The summed E-state index contributed by atoms with van der Waals surface area (Å²) in [4.78, 5) is 30.0. The van der Waals surface area contributed by atoms with Crippen molar-refractivity contribution < 1.29 is 14.0 Å². The summed E-state index contributed by atoms with van der Waals surface area (Å²) in [6.45, 7) is 1.83. The van der Waals surface area contributed by atoms with Crippen molar-refractivity contribution in [3.63, 3.8) is 0 Å². The molecule has 1 aliphatic heterocycles. The lowest BCUT2D eigenvalue weighted by Crippen LogP contribution is -2.41. The number of likely N-dealkylation sites (tertiary alicyclic amines) is 1. The summed E-state index contributed by atoms with van der Waals surface area (Å²) in [6.07, 6.45) is 4.19. The summed E-state index contributed by atoms with van der Waals surface area (Å²) in [6, 6.07) is 11.1. The zero-order valence-corrected chi connectivity index (χ0v) is 15.0. The average molecular weight is 370 g/mol. The maximum Gasteiger partial charge on any atom is 0.321 e. The van der Waals surface area contributed by atoms with Crippen LogP contribution < -0.4 is 10.6 Å². The molecule has 142 valence electrons. The van der Waals surface area contributed by atoms with Gasteiger partial charge in [-0.2, -0.15) is 0 Å². The van der Waals surface area contributed by atoms with Crippen LogP contribution in [0.25, 0.3) is 0 Å². The first-order chi connectivity index (χ1) is 13.1. The van der Waals surface area contributed by atoms with E-state index in [-0.39, 0.29) is 17.6 Å². The summed E-state index contributed by atoms with van der Waals surface area (Å²) in [7, 11) is 0. The molecule has 0 bridgehead atoms. The number of amides is 3. The number of para-hydroxylation sites is 1. The number of carbonyl (C=O) groups is 2. The highest BCUT2D eigenvalue weighted by molar-refractivity contribution is 5.92. The van der Waals surface area contributed by atoms with E-state index in [1.807, 2.05) is 0 Å². The highest BCUT2D eigenvalue weighted by Gasteiger charge is 2.23. The van der Waals surface area contributed by atoms with Gasteiger partial charge in [-0.3, -0.25) is 9.78 Å². The largest absolute Gasteiger partial charge is 0.351 e. The van der Waals surface area contributed by atoms with Crippen LogP contribution in [0.5, 0.6) is 0 Å². The molecule has 0 spiro atoms. The number of nitrogens with one attached hydrogen (secondary N) is 2. The Bertz CT molecular complexity index is 777. The van der Waals surface area contributed by atoms with Gasteiger partial charge in [0.2, 0.25) is 0 Å². The van der Waals surface area contributed by atoms with E-state index in [1.54, 1.807) is 47.5 Å². The van der Waals surface area contributed by atoms with Gasteiger partial charge in [-0.05, 0) is 49.4 Å². The molecule has 1 aliphatic rings. The third kappa shape index (κ3) is 5.26. The van der Waals surface area contributed by atoms with Crippen LogP contribution in [0.1, 0.15) is 29.8 Å². The molecule has 3 rings (SSSR count). The molecule has 1 fully saturated rings. The topological polar surface area (TPSA) is 74.3 Å². The van der Waals surface area contributed by atoms with E-state index >= 15 is 0 Å². The highest BCUT2D eigenvalue weighted by atomic mass is 19.1. The number of carbonyl (C=O) groups excluding carboxylic acids is 2. The normalized spacial score (nSPS) is 14.6. The molecule has 0 radical (unpaired) electrons. The van der Waals surface area contributed by atoms with Gasteiger partial charge in [-0.1, -0.05) is 18.2 Å². The first kappa shape index (κ1) is 18.8. The maximum atomic E-state index is 13.6. The molecule has 1 aromatic heterocycles. The molecule has 1 saturated heterocycles. The summed E-state index contributed by atoms with van der Waals surface area (Å²) in [5.41, 5.74) is 0.610. The lowest BCUT2D eigenvalue weighted by Gasteiger charge is -2.32. The van der Waals surface area contributed by atoms with Crippen LogP contribution in [-0.4, -0.2) is 41.5 Å². The fourth-order valence-electron chi connectivity index (χ4n) is 3.16. The molecule has 2 N–H and O–H groups in total. The van der Waals surface area contributed by atoms with Crippen LogP contribution in [0.3, 0.4) is 0 Å². The number of rotatable bonds is 5. The van der Waals surface area contributed by atoms with Gasteiger partial charge in [0.1, 0.15) is 11.5 Å². The molecule has 0 atom stereocenters. The van der Waals surface area contributed by atoms with E-state index in [9.17, 15) is 14.0 Å². The van der Waals surface area contributed by atoms with Crippen molar-refractivity contribution >= 4 is 17.6 Å². The lowest BCUT2D eigenvalue weighted by molar-refractivity contribution is 0.0944. The number of aromatic nitrogens is 1. The minimum absolute atomic E-state index is 0.169. The fourth-order valence-corrected chi connectivity index (χ4v) is 3.16. The van der Waals surface area contributed by atoms with Gasteiger partial charge < -0.3 is 15.5 Å². The Morgan fingerprint density at radius 3 is 2.56 bits per heavy atom. The van der Waals surface area contributed by atoms with E-state index in [0.29, 0.717) is 31.2 Å². The summed E-state index contributed by atoms with van der Waals surface area (Å²) in [5.74, 6) is -0.159. The first-order valence-electron chi connectivity index (χ1n) is 9.13. The predicted octanol–water partition coefficient (Wildman–Crippen LogP) is 3.28. The second-order valence-electron chi connectivity index (χ2n) is 6.60. The molecule has 0 unspecified atom stereocenters. The monoisotopic (exact) mass is 370 g/mol. The Kier molecular flexibility index (Phi) is 6.35. The van der Waals surface area contributed by atoms with Crippen LogP contribution in [-0.2, 0) is 0 Å². The third-order valence-electron chi connectivity index (χ3n) is 4.75. The molecule has 0 saturated carbocycles. The van der Waals surface area contributed by atoms with Crippen LogP contribution in [0.15, 0.2) is 48.7 Å². The molecule has 2 aromatic rings. The lowest BCUT2D eigenvalue weighted by atomic mass is 9.93. The molecule has 1 aromatic carbocycles. The number of nitrogens with zero attached hydrogens (tertiary/aromatic N) is 2. The van der Waals surface area contributed by atoms with Gasteiger partial charge in [-0.25, -0.2) is 9.18 Å². The van der Waals surface area contributed by atoms with Crippen molar-refractivity contribution in [1.29, 1.82) is 0 Å². The second kappa shape index (κ2) is 9.12. The zero-order valence-electron chi connectivity index (χ0n) is 15.0. The van der Waals surface area contributed by atoms with E-state index in [4.69, 9.17) is 0 Å². The molecular weight excluding hydrogens is 347 g/mol. The Labute approximate surface area is 157 Å². The molecule has 0 aliphatic carbocycles. The Morgan fingerprint density at radius 2 is 1.85 bits per heavy atom. The minimum Gasteiger partial charge on any atom is -0.351 e. The third-order valence-corrected chi connectivity index (χ3v) is 4.75. The van der Waals surface area contributed by atoms with Gasteiger partial charge in [0, 0.05) is 25.8 Å². The molecular formula is C20H23FN4O2. The number of benzene rings is 1. The molecule has 6 nitrogen and oxygen atoms in total. The number of piperidine rings is 1. The van der Waals surface area contributed by atoms with Crippen molar-refractivity contribution in [3.05, 3.63) is 60.2 Å². The molecule has 27 heavy (non-hydrogen) atoms. The van der Waals surface area contributed by atoms with Crippen LogP contribution in [0.4, 0.5) is 14.9 Å². The predicted molar refractivity (Wildman–Crippen MR) is 101 cm³/mol. The number of hydrogen-bond acceptors (Lipinski definition) is 3. The van der Waals surface area contributed by atoms with Gasteiger partial charge in [0.25, 0.3) is 5.91 Å². The van der Waals surface area contributed by atoms with Crippen molar-refractivity contribution in [2.24, 2.45) is 5.92 Å². The summed E-state index contributed by atoms with van der Waals surface area (Å²) < 4.78 is 13.6. The van der Waals surface area contributed by atoms with Crippen molar-refractivity contribution in [3.8, 4) is 0 Å². The minimum atomic E-state index is -0.440.